The van der Waals surface area contributed by atoms with Gasteiger partial charge in [0.1, 0.15) is 6.17 Å². The maximum Gasteiger partial charge on any atom is 0.174 e. The first-order chi connectivity index (χ1) is 10.1. The van der Waals surface area contributed by atoms with Crippen LogP contribution in [0.5, 0.6) is 0 Å². The monoisotopic (exact) mass is 331 g/mol. The molecule has 0 aliphatic carbocycles. The van der Waals surface area contributed by atoms with Crippen molar-refractivity contribution in [2.75, 3.05) is 0 Å². The van der Waals surface area contributed by atoms with Gasteiger partial charge in [0.15, 0.2) is 5.16 Å². The van der Waals surface area contributed by atoms with Gasteiger partial charge in [-0.25, -0.2) is 4.98 Å². The van der Waals surface area contributed by atoms with Crippen LogP contribution in [0, 0.1) is 0 Å². The molecule has 0 bridgehead atoms. The summed E-state index contributed by atoms with van der Waals surface area (Å²) in [6.45, 7) is 13.9. The van der Waals surface area contributed by atoms with E-state index in [1.165, 1.54) is 10.0 Å². The zero-order valence-electron chi connectivity index (χ0n) is 14.3. The van der Waals surface area contributed by atoms with Crippen molar-refractivity contribution in [3.05, 3.63) is 34.9 Å². The molecular formula is C17H25N3SSi. The number of thioether (sulfide) groups is 1. The highest BCUT2D eigenvalue weighted by Crippen LogP contribution is 2.41. The predicted molar refractivity (Wildman–Crippen MR) is 98.9 cm³/mol. The number of hydrogen-bond donors (Lipinski definition) is 1. The quantitative estimate of drug-likeness (QED) is 0.802. The van der Waals surface area contributed by atoms with Gasteiger partial charge in [0.05, 0.1) is 19.1 Å². The van der Waals surface area contributed by atoms with Gasteiger partial charge in [-0.3, -0.25) is 9.88 Å². The van der Waals surface area contributed by atoms with Gasteiger partial charge in [-0.15, -0.1) is 0 Å². The molecule has 1 aromatic heterocycles. The Labute approximate surface area is 138 Å². The third-order valence-corrected chi connectivity index (χ3v) is 8.29. The molecule has 118 valence electrons. The van der Waals surface area contributed by atoms with E-state index in [2.05, 4.69) is 80.6 Å². The van der Waals surface area contributed by atoms with E-state index < -0.39 is 8.07 Å². The number of nitrogens with zero attached hydrogens (tertiary/aromatic N) is 2. The van der Waals surface area contributed by atoms with Crippen molar-refractivity contribution in [1.29, 1.82) is 0 Å². The summed E-state index contributed by atoms with van der Waals surface area (Å²) in [6.07, 6.45) is 2.59. The van der Waals surface area contributed by atoms with E-state index in [1.54, 1.807) is 0 Å². The largest absolute Gasteiger partial charge is 0.299 e. The first-order valence-electron chi connectivity index (χ1n) is 7.80. The molecule has 22 heavy (non-hydrogen) atoms. The fraction of sp³-hybridized carbons (Fsp3) is 0.471. The molecule has 2 heterocycles. The Morgan fingerprint density at radius 2 is 1.86 bits per heavy atom. The van der Waals surface area contributed by atoms with Crippen LogP contribution in [0.1, 0.15) is 26.9 Å². The number of aromatic nitrogens is 2. The van der Waals surface area contributed by atoms with Crippen molar-refractivity contribution in [2.24, 2.45) is 0 Å². The maximum atomic E-state index is 4.86. The normalized spacial score (nSPS) is 19.2. The summed E-state index contributed by atoms with van der Waals surface area (Å²) in [7, 11) is -1.36. The lowest BCUT2D eigenvalue weighted by Gasteiger charge is -2.34. The van der Waals surface area contributed by atoms with E-state index in [4.69, 9.17) is 4.98 Å². The van der Waals surface area contributed by atoms with Crippen molar-refractivity contribution < 1.29 is 0 Å². The molecule has 1 aliphatic heterocycles. The topological polar surface area (TPSA) is 29.9 Å². The summed E-state index contributed by atoms with van der Waals surface area (Å²) in [5.41, 5.74) is 2.34. The van der Waals surface area contributed by atoms with E-state index in [0.717, 1.165) is 10.7 Å². The van der Waals surface area contributed by atoms with Gasteiger partial charge in [0.25, 0.3) is 0 Å². The summed E-state index contributed by atoms with van der Waals surface area (Å²) in [6, 6.07) is 8.42. The van der Waals surface area contributed by atoms with E-state index in [1.807, 2.05) is 11.8 Å². The van der Waals surface area contributed by atoms with Crippen LogP contribution in [0.4, 0.5) is 0 Å². The highest BCUT2D eigenvalue weighted by molar-refractivity contribution is 8.05. The fourth-order valence-electron chi connectivity index (χ4n) is 2.67. The van der Waals surface area contributed by atoms with Crippen LogP contribution in [0.3, 0.4) is 0 Å². The van der Waals surface area contributed by atoms with Crippen LogP contribution in [-0.4, -0.2) is 23.2 Å². The number of rotatable bonds is 2. The van der Waals surface area contributed by atoms with Crippen LogP contribution < -0.4 is 5.32 Å². The number of para-hydroxylation sites is 2. The van der Waals surface area contributed by atoms with Gasteiger partial charge in [0.2, 0.25) is 0 Å². The molecular weight excluding hydrogens is 306 g/mol. The maximum absolute atomic E-state index is 4.86. The molecule has 0 saturated heterocycles. The van der Waals surface area contributed by atoms with Crippen LogP contribution in [-0.2, 0) is 0 Å². The first kappa shape index (κ1) is 15.8. The summed E-state index contributed by atoms with van der Waals surface area (Å²) in [5, 5.41) is 4.86. The summed E-state index contributed by atoms with van der Waals surface area (Å²) in [4.78, 5) is 4.86. The molecule has 0 amide bonds. The predicted octanol–water partition coefficient (Wildman–Crippen LogP) is 4.79. The van der Waals surface area contributed by atoms with Crippen molar-refractivity contribution in [3.63, 3.8) is 0 Å². The van der Waals surface area contributed by atoms with Crippen molar-refractivity contribution >= 4 is 30.9 Å². The second-order valence-corrected chi connectivity index (χ2v) is 14.4. The fourth-order valence-corrected chi connectivity index (χ4v) is 5.67. The number of hydrogen-bond acceptors (Lipinski definition) is 3. The SMILES string of the molecule is CC(C)(C)NC1C=C([Si](C)(C)C)Sc2nc3ccccc3n21. The molecule has 0 fully saturated rings. The minimum absolute atomic E-state index is 0.0520. The lowest BCUT2D eigenvalue weighted by molar-refractivity contribution is 0.332. The molecule has 1 aliphatic rings. The molecule has 1 unspecified atom stereocenters. The van der Waals surface area contributed by atoms with Gasteiger partial charge < -0.3 is 0 Å². The zero-order chi connectivity index (χ0) is 16.1. The summed E-state index contributed by atoms with van der Waals surface area (Å²) < 4.78 is 3.85. The van der Waals surface area contributed by atoms with Crippen molar-refractivity contribution in [3.8, 4) is 0 Å². The third kappa shape index (κ3) is 3.02. The molecule has 0 radical (unpaired) electrons. The second-order valence-electron chi connectivity index (χ2n) is 7.98. The Morgan fingerprint density at radius 1 is 1.18 bits per heavy atom. The van der Waals surface area contributed by atoms with Gasteiger partial charge in [-0.2, -0.15) is 0 Å². The van der Waals surface area contributed by atoms with Gasteiger partial charge in [-0.05, 0) is 43.5 Å². The number of imidazole rings is 1. The smallest absolute Gasteiger partial charge is 0.174 e. The van der Waals surface area contributed by atoms with Gasteiger partial charge in [0, 0.05) is 5.54 Å². The van der Waals surface area contributed by atoms with Crippen LogP contribution in [0.2, 0.25) is 19.6 Å². The average Bonchev–Trinajstić information content (AvgIpc) is 2.74. The molecule has 0 spiro atoms. The van der Waals surface area contributed by atoms with Crippen LogP contribution >= 0.6 is 11.8 Å². The molecule has 5 heteroatoms. The van der Waals surface area contributed by atoms with E-state index in [0.29, 0.717) is 0 Å². The molecule has 1 N–H and O–H groups in total. The highest BCUT2D eigenvalue weighted by atomic mass is 32.2. The first-order valence-corrected chi connectivity index (χ1v) is 12.1. The minimum Gasteiger partial charge on any atom is -0.299 e. The van der Waals surface area contributed by atoms with E-state index >= 15 is 0 Å². The Hall–Kier alpha value is -1.04. The Balaban J connectivity index is 2.15. The number of fused-ring (bicyclic) bond motifs is 3. The Morgan fingerprint density at radius 3 is 2.50 bits per heavy atom. The molecule has 2 aromatic rings. The lowest BCUT2D eigenvalue weighted by atomic mass is 10.1. The molecule has 0 saturated carbocycles. The minimum atomic E-state index is -1.36. The highest BCUT2D eigenvalue weighted by Gasteiger charge is 2.31. The summed E-state index contributed by atoms with van der Waals surface area (Å²) >= 11 is 1.85. The van der Waals surface area contributed by atoms with Crippen LogP contribution in [0.25, 0.3) is 11.0 Å². The number of nitrogens with one attached hydrogen (secondary N) is 1. The Kier molecular flexibility index (Phi) is 3.78. The summed E-state index contributed by atoms with van der Waals surface area (Å²) in [5.74, 6) is 0. The molecule has 1 atom stereocenters. The standard InChI is InChI=1S/C17H25N3SSi/c1-17(2,3)19-14-11-15(22(4,5)6)21-16-18-12-9-7-8-10-13(12)20(14)16/h7-11,14,19H,1-6H3. The van der Waals surface area contributed by atoms with E-state index in [9.17, 15) is 0 Å². The number of benzene rings is 1. The Bertz CT molecular complexity index is 734. The average molecular weight is 332 g/mol. The molecule has 3 nitrogen and oxygen atoms in total. The zero-order valence-corrected chi connectivity index (χ0v) is 16.1. The van der Waals surface area contributed by atoms with Gasteiger partial charge in [-0.1, -0.05) is 43.5 Å². The molecule has 1 aromatic carbocycles. The third-order valence-electron chi connectivity index (χ3n) is 3.67. The lowest BCUT2D eigenvalue weighted by Crippen LogP contribution is -2.42. The molecule has 3 rings (SSSR count). The van der Waals surface area contributed by atoms with Crippen molar-refractivity contribution in [2.45, 2.75) is 57.3 Å². The van der Waals surface area contributed by atoms with E-state index in [-0.39, 0.29) is 11.7 Å². The van der Waals surface area contributed by atoms with Gasteiger partial charge >= 0.3 is 0 Å². The second kappa shape index (κ2) is 5.25. The van der Waals surface area contributed by atoms with Crippen molar-refractivity contribution in [1.82, 2.24) is 14.9 Å². The van der Waals surface area contributed by atoms with Crippen LogP contribution in [0.15, 0.2) is 40.0 Å².